The van der Waals surface area contributed by atoms with E-state index < -0.39 is 0 Å². The SMILES string of the molecule is CCCC[C@H]1CCN2CCC[C@@H](CCCC)[C@H]2O1. The summed E-state index contributed by atoms with van der Waals surface area (Å²) in [6.45, 7) is 7.13. The number of nitrogens with zero attached hydrogens (tertiary/aromatic N) is 1. The second kappa shape index (κ2) is 7.49. The van der Waals surface area contributed by atoms with E-state index in [0.717, 1.165) is 5.92 Å². The van der Waals surface area contributed by atoms with Gasteiger partial charge >= 0.3 is 0 Å². The van der Waals surface area contributed by atoms with Crippen molar-refractivity contribution in [2.75, 3.05) is 13.1 Å². The second-order valence-electron chi connectivity index (χ2n) is 6.16. The van der Waals surface area contributed by atoms with Gasteiger partial charge in [-0.1, -0.05) is 39.5 Å². The van der Waals surface area contributed by atoms with E-state index in [4.69, 9.17) is 4.74 Å². The Morgan fingerprint density at radius 3 is 2.56 bits per heavy atom. The first-order valence-electron chi connectivity index (χ1n) is 8.24. The van der Waals surface area contributed by atoms with Crippen molar-refractivity contribution in [2.24, 2.45) is 5.92 Å². The van der Waals surface area contributed by atoms with Crippen LogP contribution in [0.1, 0.15) is 71.6 Å². The first kappa shape index (κ1) is 14.3. The number of piperidine rings is 1. The quantitative estimate of drug-likeness (QED) is 0.703. The third kappa shape index (κ3) is 3.71. The monoisotopic (exact) mass is 253 g/mol. The first-order chi connectivity index (χ1) is 8.85. The molecule has 0 aromatic carbocycles. The van der Waals surface area contributed by atoms with E-state index in [1.54, 1.807) is 0 Å². The molecule has 106 valence electrons. The number of rotatable bonds is 6. The van der Waals surface area contributed by atoms with Gasteiger partial charge < -0.3 is 4.74 Å². The summed E-state index contributed by atoms with van der Waals surface area (Å²) in [4.78, 5) is 2.62. The molecule has 0 amide bonds. The lowest BCUT2D eigenvalue weighted by atomic mass is 9.89. The van der Waals surface area contributed by atoms with Crippen molar-refractivity contribution >= 4 is 0 Å². The summed E-state index contributed by atoms with van der Waals surface area (Å²) >= 11 is 0. The molecule has 0 aliphatic carbocycles. The van der Waals surface area contributed by atoms with Crippen LogP contribution in [0.2, 0.25) is 0 Å². The van der Waals surface area contributed by atoms with Gasteiger partial charge in [0.25, 0.3) is 0 Å². The molecule has 2 fully saturated rings. The average Bonchev–Trinajstić information content (AvgIpc) is 2.42. The van der Waals surface area contributed by atoms with Crippen molar-refractivity contribution in [2.45, 2.75) is 84.0 Å². The largest absolute Gasteiger partial charge is 0.360 e. The van der Waals surface area contributed by atoms with Gasteiger partial charge in [0.1, 0.15) is 6.23 Å². The van der Waals surface area contributed by atoms with Crippen LogP contribution in [0.4, 0.5) is 0 Å². The van der Waals surface area contributed by atoms with E-state index in [1.165, 1.54) is 70.9 Å². The predicted molar refractivity (Wildman–Crippen MR) is 76.6 cm³/mol. The maximum atomic E-state index is 6.43. The maximum Gasteiger partial charge on any atom is 0.113 e. The Morgan fingerprint density at radius 2 is 1.78 bits per heavy atom. The maximum absolute atomic E-state index is 6.43. The predicted octanol–water partition coefficient (Wildman–Crippen LogP) is 4.19. The Morgan fingerprint density at radius 1 is 1.00 bits per heavy atom. The van der Waals surface area contributed by atoms with E-state index >= 15 is 0 Å². The van der Waals surface area contributed by atoms with Crippen molar-refractivity contribution in [3.05, 3.63) is 0 Å². The second-order valence-corrected chi connectivity index (χ2v) is 6.16. The number of ether oxygens (including phenoxy) is 1. The zero-order chi connectivity index (χ0) is 12.8. The van der Waals surface area contributed by atoms with E-state index in [-0.39, 0.29) is 0 Å². The first-order valence-corrected chi connectivity index (χ1v) is 8.24. The fourth-order valence-corrected chi connectivity index (χ4v) is 3.53. The molecule has 2 aliphatic heterocycles. The number of unbranched alkanes of at least 4 members (excludes halogenated alkanes) is 2. The summed E-state index contributed by atoms with van der Waals surface area (Å²) in [5, 5.41) is 0. The highest BCUT2D eigenvalue weighted by Crippen LogP contribution is 2.33. The summed E-state index contributed by atoms with van der Waals surface area (Å²) in [6.07, 6.45) is 13.0. The summed E-state index contributed by atoms with van der Waals surface area (Å²) in [6, 6.07) is 0. The fraction of sp³-hybridized carbons (Fsp3) is 1.00. The summed E-state index contributed by atoms with van der Waals surface area (Å²) in [7, 11) is 0. The normalized spacial score (nSPS) is 33.3. The minimum absolute atomic E-state index is 0.459. The molecular weight excluding hydrogens is 222 g/mol. The molecular formula is C16H31NO. The Bertz CT molecular complexity index is 231. The Labute approximate surface area is 113 Å². The van der Waals surface area contributed by atoms with Crippen LogP contribution in [0.3, 0.4) is 0 Å². The minimum atomic E-state index is 0.459. The van der Waals surface area contributed by atoms with Crippen LogP contribution < -0.4 is 0 Å². The molecule has 0 N–H and O–H groups in total. The standard InChI is InChI=1S/C16H31NO/c1-3-5-8-14-9-7-12-17-13-11-15(10-6-4-2)18-16(14)17/h14-16H,3-13H2,1-2H3/t14-,15+,16-/m1/s1. The summed E-state index contributed by atoms with van der Waals surface area (Å²) in [5.74, 6) is 0.808. The summed E-state index contributed by atoms with van der Waals surface area (Å²) < 4.78 is 6.43. The van der Waals surface area contributed by atoms with Gasteiger partial charge in [0.2, 0.25) is 0 Å². The molecule has 2 heteroatoms. The van der Waals surface area contributed by atoms with E-state index in [2.05, 4.69) is 18.7 Å². The van der Waals surface area contributed by atoms with Gasteiger partial charge in [-0.15, -0.1) is 0 Å². The van der Waals surface area contributed by atoms with E-state index in [0.29, 0.717) is 12.3 Å². The molecule has 2 heterocycles. The lowest BCUT2D eigenvalue weighted by Gasteiger charge is -2.46. The molecule has 2 nitrogen and oxygen atoms in total. The van der Waals surface area contributed by atoms with Crippen LogP contribution in [-0.2, 0) is 4.74 Å². The third-order valence-electron chi connectivity index (χ3n) is 4.66. The summed E-state index contributed by atoms with van der Waals surface area (Å²) in [5.41, 5.74) is 0. The number of fused-ring (bicyclic) bond motifs is 1. The topological polar surface area (TPSA) is 12.5 Å². The Hall–Kier alpha value is -0.0800. The smallest absolute Gasteiger partial charge is 0.113 e. The zero-order valence-electron chi connectivity index (χ0n) is 12.4. The highest BCUT2D eigenvalue weighted by atomic mass is 16.5. The average molecular weight is 253 g/mol. The van der Waals surface area contributed by atoms with E-state index in [9.17, 15) is 0 Å². The third-order valence-corrected chi connectivity index (χ3v) is 4.66. The van der Waals surface area contributed by atoms with Crippen LogP contribution >= 0.6 is 0 Å². The van der Waals surface area contributed by atoms with Gasteiger partial charge in [0, 0.05) is 13.1 Å². The number of hydrogen-bond acceptors (Lipinski definition) is 2. The van der Waals surface area contributed by atoms with Crippen molar-refractivity contribution in [3.63, 3.8) is 0 Å². The zero-order valence-corrected chi connectivity index (χ0v) is 12.4. The number of hydrogen-bond donors (Lipinski definition) is 0. The van der Waals surface area contributed by atoms with Crippen molar-refractivity contribution < 1.29 is 4.74 Å². The van der Waals surface area contributed by atoms with E-state index in [1.807, 2.05) is 0 Å². The molecule has 2 rings (SSSR count). The van der Waals surface area contributed by atoms with Gasteiger partial charge in [-0.25, -0.2) is 0 Å². The van der Waals surface area contributed by atoms with Gasteiger partial charge in [-0.05, 0) is 38.0 Å². The van der Waals surface area contributed by atoms with Gasteiger partial charge in [-0.2, -0.15) is 0 Å². The molecule has 18 heavy (non-hydrogen) atoms. The molecule has 3 atom stereocenters. The molecule has 2 saturated heterocycles. The van der Waals surface area contributed by atoms with Crippen molar-refractivity contribution in [1.29, 1.82) is 0 Å². The van der Waals surface area contributed by atoms with Crippen LogP contribution in [0, 0.1) is 5.92 Å². The Kier molecular flexibility index (Phi) is 5.97. The van der Waals surface area contributed by atoms with Crippen molar-refractivity contribution in [1.82, 2.24) is 4.90 Å². The van der Waals surface area contributed by atoms with Gasteiger partial charge in [-0.3, -0.25) is 4.90 Å². The fourth-order valence-electron chi connectivity index (χ4n) is 3.53. The van der Waals surface area contributed by atoms with Crippen LogP contribution in [-0.4, -0.2) is 30.3 Å². The lowest BCUT2D eigenvalue weighted by Crippen LogP contribution is -2.52. The highest BCUT2D eigenvalue weighted by molar-refractivity contribution is 4.83. The molecule has 0 spiro atoms. The molecule has 0 saturated carbocycles. The van der Waals surface area contributed by atoms with Crippen LogP contribution in [0.15, 0.2) is 0 Å². The molecule has 0 aromatic rings. The van der Waals surface area contributed by atoms with Crippen LogP contribution in [0.25, 0.3) is 0 Å². The molecule has 0 unspecified atom stereocenters. The van der Waals surface area contributed by atoms with Crippen molar-refractivity contribution in [3.8, 4) is 0 Å². The molecule has 0 aromatic heterocycles. The van der Waals surface area contributed by atoms with Gasteiger partial charge in [0.15, 0.2) is 0 Å². The van der Waals surface area contributed by atoms with Gasteiger partial charge in [0.05, 0.1) is 6.10 Å². The molecule has 0 bridgehead atoms. The molecule has 0 radical (unpaired) electrons. The molecule has 2 aliphatic rings. The lowest BCUT2D eigenvalue weighted by molar-refractivity contribution is -0.182. The highest BCUT2D eigenvalue weighted by Gasteiger charge is 2.36. The Balaban J connectivity index is 1.86. The van der Waals surface area contributed by atoms with Crippen LogP contribution in [0.5, 0.6) is 0 Å². The minimum Gasteiger partial charge on any atom is -0.360 e.